The molecule has 0 saturated heterocycles. The number of hydrogen-bond acceptors (Lipinski definition) is 5. The van der Waals surface area contributed by atoms with Gasteiger partial charge in [0.25, 0.3) is 0 Å². The van der Waals surface area contributed by atoms with Crippen molar-refractivity contribution in [2.75, 3.05) is 5.32 Å². The van der Waals surface area contributed by atoms with E-state index >= 15 is 0 Å². The van der Waals surface area contributed by atoms with Crippen LogP contribution in [0.5, 0.6) is 0 Å². The molecule has 23 heavy (non-hydrogen) atoms. The Morgan fingerprint density at radius 1 is 1.13 bits per heavy atom. The average molecular weight is 306 g/mol. The van der Waals surface area contributed by atoms with Crippen LogP contribution in [0.3, 0.4) is 0 Å². The third-order valence-corrected chi connectivity index (χ3v) is 3.97. The summed E-state index contributed by atoms with van der Waals surface area (Å²) in [6.45, 7) is 2.65. The maximum atomic E-state index is 4.56. The van der Waals surface area contributed by atoms with Crippen LogP contribution in [0.15, 0.2) is 43.0 Å². The van der Waals surface area contributed by atoms with Gasteiger partial charge < -0.3 is 5.32 Å². The van der Waals surface area contributed by atoms with Crippen molar-refractivity contribution >= 4 is 5.82 Å². The number of pyridine rings is 1. The van der Waals surface area contributed by atoms with E-state index in [4.69, 9.17) is 0 Å². The van der Waals surface area contributed by atoms with E-state index in [1.54, 1.807) is 6.20 Å². The summed E-state index contributed by atoms with van der Waals surface area (Å²) in [6, 6.07) is 5.97. The monoisotopic (exact) mass is 306 g/mol. The number of anilines is 1. The maximum Gasteiger partial charge on any atom is 0.137 e. The van der Waals surface area contributed by atoms with E-state index in [1.807, 2.05) is 42.2 Å². The summed E-state index contributed by atoms with van der Waals surface area (Å²) in [7, 11) is 0. The molecule has 116 valence electrons. The first kappa shape index (κ1) is 13.9. The number of imidazole rings is 1. The van der Waals surface area contributed by atoms with Crippen LogP contribution in [0.25, 0.3) is 5.82 Å². The van der Waals surface area contributed by atoms with Gasteiger partial charge >= 0.3 is 0 Å². The first-order valence-corrected chi connectivity index (χ1v) is 7.82. The molecule has 0 spiro atoms. The lowest BCUT2D eigenvalue weighted by molar-refractivity contribution is 0.914. The van der Waals surface area contributed by atoms with Gasteiger partial charge in [0.1, 0.15) is 23.3 Å². The van der Waals surface area contributed by atoms with Crippen molar-refractivity contribution in [1.29, 1.82) is 0 Å². The minimum Gasteiger partial charge on any atom is -0.366 e. The molecule has 0 amide bonds. The number of aromatic nitrogens is 5. The molecule has 3 aromatic rings. The summed E-state index contributed by atoms with van der Waals surface area (Å²) < 4.78 is 1.96. The summed E-state index contributed by atoms with van der Waals surface area (Å²) >= 11 is 0. The molecule has 0 unspecified atom stereocenters. The van der Waals surface area contributed by atoms with Gasteiger partial charge in [-0.15, -0.1) is 0 Å². The van der Waals surface area contributed by atoms with E-state index < -0.39 is 0 Å². The van der Waals surface area contributed by atoms with Crippen molar-refractivity contribution in [3.05, 3.63) is 60.2 Å². The van der Waals surface area contributed by atoms with Crippen molar-refractivity contribution in [1.82, 2.24) is 24.5 Å². The topological polar surface area (TPSA) is 68.5 Å². The van der Waals surface area contributed by atoms with Crippen molar-refractivity contribution in [2.45, 2.75) is 32.2 Å². The van der Waals surface area contributed by atoms with Crippen molar-refractivity contribution in [2.24, 2.45) is 0 Å². The third-order valence-electron chi connectivity index (χ3n) is 3.97. The van der Waals surface area contributed by atoms with Crippen molar-refractivity contribution in [3.8, 4) is 5.82 Å². The zero-order valence-electron chi connectivity index (χ0n) is 13.0. The summed E-state index contributed by atoms with van der Waals surface area (Å²) in [5.74, 6) is 4.20. The van der Waals surface area contributed by atoms with Gasteiger partial charge in [0.15, 0.2) is 0 Å². The molecule has 0 bridgehead atoms. The molecule has 1 aliphatic rings. The van der Waals surface area contributed by atoms with Gasteiger partial charge in [-0.05, 0) is 37.5 Å². The Morgan fingerprint density at radius 3 is 2.74 bits per heavy atom. The highest BCUT2D eigenvalue weighted by atomic mass is 15.1. The van der Waals surface area contributed by atoms with Crippen LogP contribution in [0.1, 0.15) is 36.0 Å². The minimum atomic E-state index is 0.566. The van der Waals surface area contributed by atoms with Crippen LogP contribution in [0.2, 0.25) is 0 Å². The molecule has 1 aliphatic carbocycles. The van der Waals surface area contributed by atoms with Crippen molar-refractivity contribution < 1.29 is 0 Å². The predicted molar refractivity (Wildman–Crippen MR) is 87.4 cm³/mol. The fourth-order valence-electron chi connectivity index (χ4n) is 2.49. The van der Waals surface area contributed by atoms with E-state index in [9.17, 15) is 0 Å². The molecule has 0 atom stereocenters. The van der Waals surface area contributed by atoms with Gasteiger partial charge in [0.05, 0.1) is 0 Å². The fourth-order valence-corrected chi connectivity index (χ4v) is 2.49. The fraction of sp³-hybridized carbons (Fsp3) is 0.294. The first-order chi connectivity index (χ1) is 11.3. The predicted octanol–water partition coefficient (Wildman–Crippen LogP) is 2.86. The molecule has 1 N–H and O–H groups in total. The molecule has 0 aromatic carbocycles. The smallest absolute Gasteiger partial charge is 0.137 e. The van der Waals surface area contributed by atoms with Gasteiger partial charge in [-0.2, -0.15) is 0 Å². The SMILES string of the molecule is Cc1nccn1-c1ccc(CNc2ccnc(C3CC3)n2)cn1. The van der Waals surface area contributed by atoms with Crippen molar-refractivity contribution in [3.63, 3.8) is 0 Å². The lowest BCUT2D eigenvalue weighted by atomic mass is 10.3. The molecular formula is C17H18N6. The zero-order valence-corrected chi connectivity index (χ0v) is 13.0. The lowest BCUT2D eigenvalue weighted by Gasteiger charge is -2.08. The third kappa shape index (κ3) is 3.06. The maximum absolute atomic E-state index is 4.56. The van der Waals surface area contributed by atoms with Crippen LogP contribution in [-0.4, -0.2) is 24.5 Å². The van der Waals surface area contributed by atoms with Gasteiger partial charge in [-0.3, -0.25) is 4.57 Å². The summed E-state index contributed by atoms with van der Waals surface area (Å²) in [5.41, 5.74) is 1.11. The van der Waals surface area contributed by atoms with Crippen LogP contribution < -0.4 is 5.32 Å². The summed E-state index contributed by atoms with van der Waals surface area (Å²) in [6.07, 6.45) is 9.82. The highest BCUT2D eigenvalue weighted by Gasteiger charge is 2.26. The van der Waals surface area contributed by atoms with Gasteiger partial charge in [0.2, 0.25) is 0 Å². The normalized spacial score (nSPS) is 14.0. The Bertz CT molecular complexity index is 804. The van der Waals surface area contributed by atoms with Crippen LogP contribution in [-0.2, 0) is 6.54 Å². The molecule has 3 aromatic heterocycles. The van der Waals surface area contributed by atoms with E-state index in [2.05, 4.69) is 31.3 Å². The highest BCUT2D eigenvalue weighted by molar-refractivity contribution is 5.36. The van der Waals surface area contributed by atoms with E-state index in [0.29, 0.717) is 12.5 Å². The molecule has 1 saturated carbocycles. The second kappa shape index (κ2) is 5.79. The molecule has 1 fully saturated rings. The number of hydrogen-bond donors (Lipinski definition) is 1. The first-order valence-electron chi connectivity index (χ1n) is 7.82. The number of rotatable bonds is 5. The van der Waals surface area contributed by atoms with Gasteiger partial charge in [0, 0.05) is 37.3 Å². The van der Waals surface area contributed by atoms with E-state index in [-0.39, 0.29) is 0 Å². The molecule has 4 rings (SSSR count). The molecule has 3 heterocycles. The average Bonchev–Trinajstić information content (AvgIpc) is 3.36. The van der Waals surface area contributed by atoms with Gasteiger partial charge in [-0.25, -0.2) is 19.9 Å². The standard InChI is InChI=1S/C17H18N6/c1-12-18-8-9-23(12)16-5-2-13(11-21-16)10-20-15-6-7-19-17(22-15)14-3-4-14/h2,5-9,11,14H,3-4,10H2,1H3,(H,19,20,22). The van der Waals surface area contributed by atoms with E-state index in [0.717, 1.165) is 28.8 Å². The highest BCUT2D eigenvalue weighted by Crippen LogP contribution is 2.38. The Kier molecular flexibility index (Phi) is 3.49. The summed E-state index contributed by atoms with van der Waals surface area (Å²) in [5, 5.41) is 3.34. The Labute approximate surface area is 134 Å². The zero-order chi connectivity index (χ0) is 15.6. The van der Waals surface area contributed by atoms with Crippen LogP contribution in [0, 0.1) is 6.92 Å². The van der Waals surface area contributed by atoms with Gasteiger partial charge in [-0.1, -0.05) is 6.07 Å². The molecule has 6 heteroatoms. The second-order valence-corrected chi connectivity index (χ2v) is 5.80. The van der Waals surface area contributed by atoms with Crippen LogP contribution >= 0.6 is 0 Å². The summed E-state index contributed by atoms with van der Waals surface area (Å²) in [4.78, 5) is 17.6. The van der Waals surface area contributed by atoms with Crippen LogP contribution in [0.4, 0.5) is 5.82 Å². The molecule has 0 radical (unpaired) electrons. The largest absolute Gasteiger partial charge is 0.366 e. The van der Waals surface area contributed by atoms with E-state index in [1.165, 1.54) is 12.8 Å². The Balaban J connectivity index is 1.43. The Hall–Kier alpha value is -2.76. The molecular weight excluding hydrogens is 288 g/mol. The second-order valence-electron chi connectivity index (χ2n) is 5.80. The molecule has 0 aliphatic heterocycles. The number of nitrogens with one attached hydrogen (secondary N) is 1. The Morgan fingerprint density at radius 2 is 2.04 bits per heavy atom. The minimum absolute atomic E-state index is 0.566. The lowest BCUT2D eigenvalue weighted by Crippen LogP contribution is -2.05. The molecule has 6 nitrogen and oxygen atoms in total. The number of nitrogens with zero attached hydrogens (tertiary/aromatic N) is 5. The number of aryl methyl sites for hydroxylation is 1. The quantitative estimate of drug-likeness (QED) is 0.785.